The second-order valence-electron chi connectivity index (χ2n) is 5.85. The van der Waals surface area contributed by atoms with E-state index < -0.39 is 0 Å². The van der Waals surface area contributed by atoms with Crippen molar-refractivity contribution in [3.05, 3.63) is 46.4 Å². The lowest BCUT2D eigenvalue weighted by atomic mass is 9.99. The molecule has 0 aliphatic carbocycles. The van der Waals surface area contributed by atoms with Gasteiger partial charge in [0, 0.05) is 35.9 Å². The number of thiazole rings is 1. The molecule has 0 amide bonds. The molecule has 1 aliphatic heterocycles. The standard InChI is InChI=1S/C17H23N3S/c1-3-13(2)16-11-20(10-15-9-18-12-21-15)17-7-5-4-6-14(17)8-19-16/h4-7,9,12-13,16,19H,3,8,10-11H2,1-2H3. The number of hydrogen-bond donors (Lipinski definition) is 1. The van der Waals surface area contributed by atoms with Gasteiger partial charge in [0.2, 0.25) is 0 Å². The van der Waals surface area contributed by atoms with Crippen molar-refractivity contribution in [1.29, 1.82) is 0 Å². The van der Waals surface area contributed by atoms with Crippen LogP contribution in [0.4, 0.5) is 5.69 Å². The van der Waals surface area contributed by atoms with Crippen molar-refractivity contribution in [2.24, 2.45) is 5.92 Å². The van der Waals surface area contributed by atoms with E-state index in [0.717, 1.165) is 19.6 Å². The van der Waals surface area contributed by atoms with Gasteiger partial charge < -0.3 is 10.2 Å². The second-order valence-corrected chi connectivity index (χ2v) is 6.82. The van der Waals surface area contributed by atoms with E-state index in [-0.39, 0.29) is 0 Å². The Kier molecular flexibility index (Phi) is 4.56. The predicted molar refractivity (Wildman–Crippen MR) is 89.7 cm³/mol. The van der Waals surface area contributed by atoms with Crippen molar-refractivity contribution in [3.63, 3.8) is 0 Å². The molecule has 2 atom stereocenters. The quantitative estimate of drug-likeness (QED) is 0.934. The van der Waals surface area contributed by atoms with E-state index in [4.69, 9.17) is 0 Å². The van der Waals surface area contributed by atoms with E-state index in [1.807, 2.05) is 11.7 Å². The highest BCUT2D eigenvalue weighted by Gasteiger charge is 2.24. The Morgan fingerprint density at radius 2 is 2.29 bits per heavy atom. The van der Waals surface area contributed by atoms with Crippen LogP contribution < -0.4 is 10.2 Å². The van der Waals surface area contributed by atoms with Gasteiger partial charge in [-0.25, -0.2) is 0 Å². The zero-order valence-corrected chi connectivity index (χ0v) is 13.6. The third kappa shape index (κ3) is 3.27. The van der Waals surface area contributed by atoms with Crippen LogP contribution in [-0.4, -0.2) is 17.6 Å². The molecule has 1 aromatic carbocycles. The van der Waals surface area contributed by atoms with Crippen LogP contribution in [0.25, 0.3) is 0 Å². The van der Waals surface area contributed by atoms with Gasteiger partial charge in [0.05, 0.1) is 12.1 Å². The monoisotopic (exact) mass is 301 g/mol. The largest absolute Gasteiger partial charge is 0.364 e. The summed E-state index contributed by atoms with van der Waals surface area (Å²) in [5, 5.41) is 3.74. The van der Waals surface area contributed by atoms with Crippen LogP contribution >= 0.6 is 11.3 Å². The van der Waals surface area contributed by atoms with E-state index in [2.05, 4.69) is 53.3 Å². The molecule has 3 nitrogen and oxygen atoms in total. The molecule has 0 bridgehead atoms. The summed E-state index contributed by atoms with van der Waals surface area (Å²) in [4.78, 5) is 8.06. The van der Waals surface area contributed by atoms with Crippen molar-refractivity contribution >= 4 is 17.0 Å². The van der Waals surface area contributed by atoms with Crippen molar-refractivity contribution in [1.82, 2.24) is 10.3 Å². The van der Waals surface area contributed by atoms with Crippen LogP contribution in [0.1, 0.15) is 30.7 Å². The Bertz CT molecular complexity index is 567. The summed E-state index contributed by atoms with van der Waals surface area (Å²) in [6.07, 6.45) is 3.20. The fourth-order valence-corrected chi connectivity index (χ4v) is 3.54. The van der Waals surface area contributed by atoms with E-state index in [1.54, 1.807) is 11.3 Å². The number of fused-ring (bicyclic) bond motifs is 1. The first kappa shape index (κ1) is 14.5. The summed E-state index contributed by atoms with van der Waals surface area (Å²) in [6.45, 7) is 7.60. The molecule has 1 N–H and O–H groups in total. The molecule has 3 rings (SSSR count). The number of benzene rings is 1. The van der Waals surface area contributed by atoms with E-state index >= 15 is 0 Å². The third-order valence-electron chi connectivity index (χ3n) is 4.47. The minimum atomic E-state index is 0.537. The zero-order valence-electron chi connectivity index (χ0n) is 12.7. The molecule has 0 saturated carbocycles. The van der Waals surface area contributed by atoms with Gasteiger partial charge in [0.25, 0.3) is 0 Å². The molecule has 1 aromatic heterocycles. The van der Waals surface area contributed by atoms with Gasteiger partial charge in [0.1, 0.15) is 0 Å². The van der Waals surface area contributed by atoms with Crippen LogP contribution in [0.15, 0.2) is 36.0 Å². The number of rotatable bonds is 4. The molecule has 21 heavy (non-hydrogen) atoms. The molecule has 0 radical (unpaired) electrons. The number of aromatic nitrogens is 1. The molecule has 112 valence electrons. The smallest absolute Gasteiger partial charge is 0.0794 e. The number of anilines is 1. The Morgan fingerprint density at radius 3 is 3.05 bits per heavy atom. The summed E-state index contributed by atoms with van der Waals surface area (Å²) >= 11 is 1.74. The Labute approximate surface area is 131 Å². The van der Waals surface area contributed by atoms with E-state index in [9.17, 15) is 0 Å². The van der Waals surface area contributed by atoms with Crippen LogP contribution in [0.5, 0.6) is 0 Å². The zero-order chi connectivity index (χ0) is 14.7. The summed E-state index contributed by atoms with van der Waals surface area (Å²) in [5.74, 6) is 0.684. The van der Waals surface area contributed by atoms with Crippen LogP contribution in [0, 0.1) is 5.92 Å². The van der Waals surface area contributed by atoms with Crippen LogP contribution in [0.2, 0.25) is 0 Å². The number of para-hydroxylation sites is 1. The van der Waals surface area contributed by atoms with Crippen molar-refractivity contribution in [3.8, 4) is 0 Å². The lowest BCUT2D eigenvalue weighted by Crippen LogP contribution is -2.42. The molecule has 0 saturated heterocycles. The van der Waals surface area contributed by atoms with Crippen LogP contribution in [0.3, 0.4) is 0 Å². The molecular weight excluding hydrogens is 278 g/mol. The lowest BCUT2D eigenvalue weighted by molar-refractivity contribution is 0.370. The number of nitrogens with one attached hydrogen (secondary N) is 1. The first-order valence-corrected chi connectivity index (χ1v) is 8.59. The topological polar surface area (TPSA) is 28.2 Å². The highest BCUT2D eigenvalue weighted by molar-refractivity contribution is 7.09. The van der Waals surface area contributed by atoms with E-state index in [1.165, 1.54) is 22.5 Å². The summed E-state index contributed by atoms with van der Waals surface area (Å²) in [7, 11) is 0. The van der Waals surface area contributed by atoms with Crippen molar-refractivity contribution in [2.45, 2.75) is 39.4 Å². The molecule has 2 unspecified atom stereocenters. The average Bonchev–Trinajstić information content (AvgIpc) is 2.95. The maximum Gasteiger partial charge on any atom is 0.0794 e. The van der Waals surface area contributed by atoms with Gasteiger partial charge in [-0.3, -0.25) is 4.98 Å². The van der Waals surface area contributed by atoms with Gasteiger partial charge in [-0.15, -0.1) is 11.3 Å². The predicted octanol–water partition coefficient (Wildman–Crippen LogP) is 3.67. The Balaban J connectivity index is 1.88. The van der Waals surface area contributed by atoms with Crippen LogP contribution in [-0.2, 0) is 13.1 Å². The molecule has 2 aromatic rings. The Morgan fingerprint density at radius 1 is 1.43 bits per heavy atom. The molecule has 2 heterocycles. The maximum absolute atomic E-state index is 4.21. The van der Waals surface area contributed by atoms with Gasteiger partial charge in [-0.05, 0) is 17.5 Å². The van der Waals surface area contributed by atoms with Gasteiger partial charge in [-0.2, -0.15) is 0 Å². The second kappa shape index (κ2) is 6.58. The fraction of sp³-hybridized carbons (Fsp3) is 0.471. The summed E-state index contributed by atoms with van der Waals surface area (Å²) in [5.41, 5.74) is 4.68. The molecule has 0 spiro atoms. The first-order chi connectivity index (χ1) is 10.3. The van der Waals surface area contributed by atoms with Crippen molar-refractivity contribution < 1.29 is 0 Å². The molecule has 1 aliphatic rings. The normalized spacial score (nSPS) is 19.9. The minimum absolute atomic E-state index is 0.537. The highest BCUT2D eigenvalue weighted by Crippen LogP contribution is 2.27. The lowest BCUT2D eigenvalue weighted by Gasteiger charge is -2.30. The third-order valence-corrected chi connectivity index (χ3v) is 5.23. The fourth-order valence-electron chi connectivity index (χ4n) is 2.93. The highest BCUT2D eigenvalue weighted by atomic mass is 32.1. The van der Waals surface area contributed by atoms with Gasteiger partial charge >= 0.3 is 0 Å². The SMILES string of the molecule is CCC(C)C1CN(Cc2cncs2)c2ccccc2CN1. The molecule has 4 heteroatoms. The minimum Gasteiger partial charge on any atom is -0.364 e. The van der Waals surface area contributed by atoms with Gasteiger partial charge in [0.15, 0.2) is 0 Å². The number of hydrogen-bond acceptors (Lipinski definition) is 4. The van der Waals surface area contributed by atoms with Gasteiger partial charge in [-0.1, -0.05) is 38.5 Å². The first-order valence-electron chi connectivity index (χ1n) is 7.71. The average molecular weight is 301 g/mol. The number of nitrogens with zero attached hydrogens (tertiary/aromatic N) is 2. The van der Waals surface area contributed by atoms with E-state index in [0.29, 0.717) is 12.0 Å². The van der Waals surface area contributed by atoms with Crippen molar-refractivity contribution in [2.75, 3.05) is 11.4 Å². The maximum atomic E-state index is 4.21. The molecule has 0 fully saturated rings. The molecular formula is C17H23N3S. The Hall–Kier alpha value is -1.39. The summed E-state index contributed by atoms with van der Waals surface area (Å²) < 4.78 is 0. The summed E-state index contributed by atoms with van der Waals surface area (Å²) in [6, 6.07) is 9.30.